The number of rotatable bonds is 7. The fourth-order valence-electron chi connectivity index (χ4n) is 3.73. The van der Waals surface area contributed by atoms with Crippen molar-refractivity contribution in [2.24, 2.45) is 0 Å². The number of furan rings is 1. The van der Waals surface area contributed by atoms with Gasteiger partial charge in [0, 0.05) is 0 Å². The normalized spacial score (nSPS) is 11.7. The van der Waals surface area contributed by atoms with Crippen molar-refractivity contribution in [2.45, 2.75) is 17.9 Å². The van der Waals surface area contributed by atoms with Gasteiger partial charge in [-0.05, 0) is 48.6 Å². The van der Waals surface area contributed by atoms with E-state index < -0.39 is 17.6 Å². The molecule has 1 amide bonds. The summed E-state index contributed by atoms with van der Waals surface area (Å²) in [4.78, 5) is 31.0. The third-order valence-corrected chi connectivity index (χ3v) is 7.77. The highest BCUT2D eigenvalue weighted by atomic mass is 32.2. The van der Waals surface area contributed by atoms with Crippen molar-refractivity contribution in [1.29, 1.82) is 0 Å². The molecule has 0 atom stereocenters. The first-order chi connectivity index (χ1) is 18.2. The molecular weight excluding hydrogens is 557 g/mol. The smallest absolute Gasteiger partial charge is 0.418 e. The van der Waals surface area contributed by atoms with Crippen LogP contribution in [0.5, 0.6) is 0 Å². The van der Waals surface area contributed by atoms with Gasteiger partial charge in [-0.1, -0.05) is 53.4 Å². The molecule has 194 valence electrons. The molecule has 0 saturated heterocycles. The minimum atomic E-state index is -4.63. The summed E-state index contributed by atoms with van der Waals surface area (Å²) in [5, 5.41) is 2.51. The van der Waals surface area contributed by atoms with Crippen molar-refractivity contribution in [3.8, 4) is 5.69 Å². The fraction of sp³-hybridized carbons (Fsp3) is 0.120. The molecule has 1 N–H and O–H groups in total. The summed E-state index contributed by atoms with van der Waals surface area (Å²) >= 11 is 7.55. The summed E-state index contributed by atoms with van der Waals surface area (Å²) in [6, 6.07) is 17.0. The van der Waals surface area contributed by atoms with Gasteiger partial charge >= 0.3 is 6.18 Å². The molecule has 0 unspecified atom stereocenters. The lowest BCUT2D eigenvalue weighted by atomic mass is 10.1. The summed E-state index contributed by atoms with van der Waals surface area (Å²) in [5.74, 6) is -0.356. The maximum atomic E-state index is 13.6. The lowest BCUT2D eigenvalue weighted by Crippen LogP contribution is -2.23. The van der Waals surface area contributed by atoms with Gasteiger partial charge in [0.05, 0.1) is 35.5 Å². The Hall–Kier alpha value is -3.68. The number of fused-ring (bicyclic) bond motifs is 1. The average Bonchev–Trinajstić information content (AvgIpc) is 3.51. The van der Waals surface area contributed by atoms with Gasteiger partial charge in [-0.3, -0.25) is 18.7 Å². The van der Waals surface area contributed by atoms with Crippen molar-refractivity contribution in [3.63, 3.8) is 0 Å². The Labute approximate surface area is 226 Å². The monoisotopic (exact) mass is 574 g/mol. The zero-order valence-corrected chi connectivity index (χ0v) is 21.7. The van der Waals surface area contributed by atoms with Crippen LogP contribution in [0.1, 0.15) is 11.3 Å². The number of thioether (sulfide) groups is 1. The number of thiazole rings is 1. The molecule has 3 heterocycles. The number of amides is 1. The van der Waals surface area contributed by atoms with Crippen LogP contribution >= 0.6 is 35.3 Å². The van der Waals surface area contributed by atoms with Gasteiger partial charge < -0.3 is 9.73 Å². The maximum absolute atomic E-state index is 13.6. The fourth-order valence-corrected chi connectivity index (χ4v) is 5.79. The standard InChI is InChI=1S/C25H17F3N4O3S3/c26-25(27,28)17-10-4-5-11-18(17)29-19(33)14-37-23-30-21-20(22(34)32(23)15-7-2-1-3-8-15)38-24(36)31(21)13-16-9-6-12-35-16/h1-12H,13-14H2,(H,29,33). The largest absolute Gasteiger partial charge is 0.467 e. The molecule has 5 aromatic rings. The van der Waals surface area contributed by atoms with Gasteiger partial charge in [-0.2, -0.15) is 13.2 Å². The summed E-state index contributed by atoms with van der Waals surface area (Å²) in [6.07, 6.45) is -3.10. The molecule has 0 aliphatic rings. The number of aromatic nitrogens is 3. The number of benzene rings is 2. The molecule has 0 aliphatic heterocycles. The second kappa shape index (κ2) is 10.6. The lowest BCUT2D eigenvalue weighted by molar-refractivity contribution is -0.137. The summed E-state index contributed by atoms with van der Waals surface area (Å²) < 4.78 is 49.2. The molecule has 0 bridgehead atoms. The first kappa shape index (κ1) is 25.9. The minimum Gasteiger partial charge on any atom is -0.467 e. The minimum absolute atomic E-state index is 0.189. The lowest BCUT2D eigenvalue weighted by Gasteiger charge is -2.14. The van der Waals surface area contributed by atoms with Crippen molar-refractivity contribution in [2.75, 3.05) is 11.1 Å². The highest BCUT2D eigenvalue weighted by Gasteiger charge is 2.33. The van der Waals surface area contributed by atoms with Crippen molar-refractivity contribution >= 4 is 57.3 Å². The average molecular weight is 575 g/mol. The molecule has 0 radical (unpaired) electrons. The van der Waals surface area contributed by atoms with Gasteiger partial charge in [-0.25, -0.2) is 4.98 Å². The number of nitrogens with zero attached hydrogens (tertiary/aromatic N) is 3. The molecule has 0 saturated carbocycles. The maximum Gasteiger partial charge on any atom is 0.418 e. The van der Waals surface area contributed by atoms with E-state index in [1.54, 1.807) is 47.0 Å². The van der Waals surface area contributed by atoms with Crippen LogP contribution < -0.4 is 10.9 Å². The molecule has 7 nitrogen and oxygen atoms in total. The Morgan fingerprint density at radius 1 is 1.08 bits per heavy atom. The first-order valence-electron chi connectivity index (χ1n) is 11.1. The SMILES string of the molecule is O=C(CSc1nc2c(sc(=S)n2Cc2ccco2)c(=O)n1-c1ccccc1)Nc1ccccc1C(F)(F)F. The van der Waals surface area contributed by atoms with E-state index in [9.17, 15) is 22.8 Å². The van der Waals surface area contributed by atoms with Crippen molar-refractivity contribution in [1.82, 2.24) is 14.1 Å². The van der Waals surface area contributed by atoms with Gasteiger partial charge in [0.1, 0.15) is 10.5 Å². The Bertz CT molecular complexity index is 1730. The third kappa shape index (κ3) is 5.30. The van der Waals surface area contributed by atoms with E-state index in [4.69, 9.17) is 16.6 Å². The molecule has 0 aliphatic carbocycles. The Balaban J connectivity index is 1.52. The molecular formula is C25H17F3N4O3S3. The summed E-state index contributed by atoms with van der Waals surface area (Å²) in [6.45, 7) is 0.256. The van der Waals surface area contributed by atoms with Crippen LogP contribution in [0.4, 0.5) is 18.9 Å². The Morgan fingerprint density at radius 3 is 2.53 bits per heavy atom. The second-order valence-electron chi connectivity index (χ2n) is 7.94. The number of nitrogens with one attached hydrogen (secondary N) is 1. The van der Waals surface area contributed by atoms with Crippen LogP contribution in [0.2, 0.25) is 0 Å². The van der Waals surface area contributed by atoms with Gasteiger partial charge in [-0.15, -0.1) is 0 Å². The van der Waals surface area contributed by atoms with E-state index in [1.807, 2.05) is 0 Å². The predicted molar refractivity (Wildman–Crippen MR) is 143 cm³/mol. The van der Waals surface area contributed by atoms with Gasteiger partial charge in [0.25, 0.3) is 5.56 Å². The molecule has 5 rings (SSSR count). The molecule has 13 heteroatoms. The number of anilines is 1. The van der Waals surface area contributed by atoms with Crippen molar-refractivity contribution < 1.29 is 22.4 Å². The first-order valence-corrected chi connectivity index (χ1v) is 13.3. The van der Waals surface area contributed by atoms with Crippen LogP contribution in [-0.4, -0.2) is 25.8 Å². The van der Waals surface area contributed by atoms with Crippen LogP contribution in [0, 0.1) is 3.95 Å². The number of carbonyl (C=O) groups excluding carboxylic acids is 1. The van der Waals surface area contributed by atoms with Gasteiger partial charge in [0.2, 0.25) is 5.91 Å². The van der Waals surface area contributed by atoms with Crippen LogP contribution in [0.25, 0.3) is 16.0 Å². The van der Waals surface area contributed by atoms with Crippen molar-refractivity contribution in [3.05, 3.63) is 98.6 Å². The second-order valence-corrected chi connectivity index (χ2v) is 10.5. The van der Waals surface area contributed by atoms with E-state index >= 15 is 0 Å². The number of halogens is 3. The third-order valence-electron chi connectivity index (χ3n) is 5.41. The zero-order valence-electron chi connectivity index (χ0n) is 19.3. The number of alkyl halides is 3. The molecule has 2 aromatic carbocycles. The summed E-state index contributed by atoms with van der Waals surface area (Å²) in [7, 11) is 0. The van der Waals surface area contributed by atoms with Crippen LogP contribution in [-0.2, 0) is 17.5 Å². The highest BCUT2D eigenvalue weighted by molar-refractivity contribution is 7.99. The zero-order chi connectivity index (χ0) is 26.9. The predicted octanol–water partition coefficient (Wildman–Crippen LogP) is 6.37. The highest BCUT2D eigenvalue weighted by Crippen LogP contribution is 2.34. The number of hydrogen-bond donors (Lipinski definition) is 1. The topological polar surface area (TPSA) is 82.1 Å². The molecule has 3 aromatic heterocycles. The van der Waals surface area contributed by atoms with E-state index in [1.165, 1.54) is 29.0 Å². The van der Waals surface area contributed by atoms with E-state index in [0.717, 1.165) is 29.2 Å². The van der Waals surface area contributed by atoms with Gasteiger partial charge in [0.15, 0.2) is 14.8 Å². The Kier molecular flexibility index (Phi) is 7.23. The molecule has 0 spiro atoms. The number of carbonyl (C=O) groups is 1. The van der Waals surface area contributed by atoms with E-state index in [2.05, 4.69) is 10.3 Å². The number of para-hydroxylation sites is 2. The summed E-state index contributed by atoms with van der Waals surface area (Å²) in [5.41, 5.74) is -0.817. The van der Waals surface area contributed by atoms with E-state index in [0.29, 0.717) is 25.7 Å². The van der Waals surface area contributed by atoms with E-state index in [-0.39, 0.29) is 28.7 Å². The Morgan fingerprint density at radius 2 is 1.82 bits per heavy atom. The van der Waals surface area contributed by atoms with Crippen LogP contribution in [0.3, 0.4) is 0 Å². The molecule has 38 heavy (non-hydrogen) atoms. The van der Waals surface area contributed by atoms with Crippen LogP contribution in [0.15, 0.2) is 87.4 Å². The molecule has 0 fully saturated rings. The quantitative estimate of drug-likeness (QED) is 0.138. The number of hydrogen-bond acceptors (Lipinski definition) is 7.